The Morgan fingerprint density at radius 1 is 1.25 bits per heavy atom. The zero-order valence-corrected chi connectivity index (χ0v) is 11.9. The highest BCUT2D eigenvalue weighted by atomic mass is 19.1. The Hall–Kier alpha value is -1.42. The zero-order chi connectivity index (χ0) is 14.1. The lowest BCUT2D eigenvalue weighted by Crippen LogP contribution is -2.37. The van der Waals surface area contributed by atoms with Crippen LogP contribution in [0.1, 0.15) is 36.5 Å². The Morgan fingerprint density at radius 2 is 2.05 bits per heavy atom. The van der Waals surface area contributed by atoms with Crippen molar-refractivity contribution in [3.05, 3.63) is 29.6 Å². The fourth-order valence-electron chi connectivity index (χ4n) is 3.53. The summed E-state index contributed by atoms with van der Waals surface area (Å²) in [4.78, 5) is 16.4. The summed E-state index contributed by atoms with van der Waals surface area (Å²) in [5, 5.41) is 0. The smallest absolute Gasteiger partial charge is 0.161 e. The lowest BCUT2D eigenvalue weighted by atomic mass is 10.1. The molecule has 2 heterocycles. The summed E-state index contributed by atoms with van der Waals surface area (Å²) in [6.07, 6.45) is 3.44. The summed E-state index contributed by atoms with van der Waals surface area (Å²) in [5.41, 5.74) is 1.02. The molecule has 0 aromatic heterocycles. The van der Waals surface area contributed by atoms with Gasteiger partial charge in [-0.1, -0.05) is 6.07 Å². The average molecular weight is 276 g/mol. The molecule has 1 atom stereocenters. The van der Waals surface area contributed by atoms with E-state index in [0.29, 0.717) is 17.3 Å². The van der Waals surface area contributed by atoms with Crippen LogP contribution < -0.4 is 4.90 Å². The maximum Gasteiger partial charge on any atom is 0.161 e. The van der Waals surface area contributed by atoms with E-state index < -0.39 is 0 Å². The van der Waals surface area contributed by atoms with Gasteiger partial charge in [0.1, 0.15) is 5.82 Å². The standard InChI is InChI=1S/C16H21FN2O/c1-12(20)14-6-2-7-15(17)16(14)19-10-4-9-18-8-3-5-13(18)11-19/h2,6-7,13H,3-5,8-11H2,1H3. The van der Waals surface area contributed by atoms with Crippen LogP contribution in [-0.2, 0) is 0 Å². The van der Waals surface area contributed by atoms with Gasteiger partial charge in [-0.25, -0.2) is 4.39 Å². The predicted octanol–water partition coefficient (Wildman–Crippen LogP) is 2.70. The fourth-order valence-corrected chi connectivity index (χ4v) is 3.53. The van der Waals surface area contributed by atoms with E-state index in [4.69, 9.17) is 0 Å². The number of ketones is 1. The highest BCUT2D eigenvalue weighted by molar-refractivity contribution is 5.99. The molecule has 1 aromatic carbocycles. The van der Waals surface area contributed by atoms with Gasteiger partial charge in [-0.2, -0.15) is 0 Å². The summed E-state index contributed by atoms with van der Waals surface area (Å²) in [6, 6.07) is 5.32. The third-order valence-corrected chi connectivity index (χ3v) is 4.49. The normalized spacial score (nSPS) is 23.5. The van der Waals surface area contributed by atoms with Gasteiger partial charge in [0.25, 0.3) is 0 Å². The van der Waals surface area contributed by atoms with Crippen molar-refractivity contribution in [2.45, 2.75) is 32.2 Å². The van der Waals surface area contributed by atoms with Gasteiger partial charge in [0, 0.05) is 31.2 Å². The van der Waals surface area contributed by atoms with Crippen molar-refractivity contribution in [3.8, 4) is 0 Å². The Morgan fingerprint density at radius 3 is 2.85 bits per heavy atom. The molecule has 0 spiro atoms. The van der Waals surface area contributed by atoms with E-state index in [-0.39, 0.29) is 11.6 Å². The zero-order valence-electron chi connectivity index (χ0n) is 11.9. The largest absolute Gasteiger partial charge is 0.367 e. The topological polar surface area (TPSA) is 23.6 Å². The molecule has 4 heteroatoms. The van der Waals surface area contributed by atoms with E-state index in [2.05, 4.69) is 9.80 Å². The minimum Gasteiger partial charge on any atom is -0.367 e. The van der Waals surface area contributed by atoms with E-state index in [1.807, 2.05) is 0 Å². The Labute approximate surface area is 119 Å². The van der Waals surface area contributed by atoms with Crippen LogP contribution in [-0.4, -0.2) is 42.9 Å². The van der Waals surface area contributed by atoms with Gasteiger partial charge in [-0.3, -0.25) is 9.69 Å². The molecule has 3 rings (SSSR count). The number of halogens is 1. The number of carbonyl (C=O) groups excluding carboxylic acids is 1. The third-order valence-electron chi connectivity index (χ3n) is 4.49. The summed E-state index contributed by atoms with van der Waals surface area (Å²) in [6.45, 7) is 5.42. The molecule has 0 saturated carbocycles. The summed E-state index contributed by atoms with van der Waals surface area (Å²) < 4.78 is 14.3. The molecule has 2 aliphatic rings. The lowest BCUT2D eigenvalue weighted by Gasteiger charge is -2.28. The first kappa shape index (κ1) is 13.6. The summed E-state index contributed by atoms with van der Waals surface area (Å²) in [5.74, 6) is -0.337. The molecule has 1 unspecified atom stereocenters. The van der Waals surface area contributed by atoms with E-state index >= 15 is 0 Å². The SMILES string of the molecule is CC(=O)c1cccc(F)c1N1CCCN2CCCC2C1. The first-order valence-electron chi connectivity index (χ1n) is 7.45. The Kier molecular flexibility index (Phi) is 3.74. The quantitative estimate of drug-likeness (QED) is 0.776. The molecule has 2 aliphatic heterocycles. The maximum atomic E-state index is 14.3. The molecule has 0 N–H and O–H groups in total. The number of benzene rings is 1. The van der Waals surface area contributed by atoms with Crippen LogP contribution in [0.25, 0.3) is 0 Å². The van der Waals surface area contributed by atoms with Crippen LogP contribution in [0.5, 0.6) is 0 Å². The number of carbonyl (C=O) groups is 1. The third kappa shape index (κ3) is 2.44. The average Bonchev–Trinajstić information content (AvgIpc) is 2.76. The number of anilines is 1. The highest BCUT2D eigenvalue weighted by Gasteiger charge is 2.30. The monoisotopic (exact) mass is 276 g/mol. The molecular formula is C16H21FN2O. The molecule has 0 amide bonds. The first-order valence-corrected chi connectivity index (χ1v) is 7.45. The van der Waals surface area contributed by atoms with Crippen LogP contribution >= 0.6 is 0 Å². The Bertz CT molecular complexity index is 517. The van der Waals surface area contributed by atoms with E-state index in [1.165, 1.54) is 25.8 Å². The van der Waals surface area contributed by atoms with Crippen molar-refractivity contribution < 1.29 is 9.18 Å². The first-order chi connectivity index (χ1) is 9.66. The van der Waals surface area contributed by atoms with Crippen molar-refractivity contribution in [1.29, 1.82) is 0 Å². The van der Waals surface area contributed by atoms with Crippen LogP contribution in [0.4, 0.5) is 10.1 Å². The van der Waals surface area contributed by atoms with E-state index in [1.54, 1.807) is 12.1 Å². The fraction of sp³-hybridized carbons (Fsp3) is 0.562. The van der Waals surface area contributed by atoms with Gasteiger partial charge in [0.2, 0.25) is 0 Å². The number of rotatable bonds is 2. The van der Waals surface area contributed by atoms with Crippen LogP contribution in [0, 0.1) is 5.82 Å². The van der Waals surface area contributed by atoms with Crippen molar-refractivity contribution >= 4 is 11.5 Å². The molecule has 0 bridgehead atoms. The molecule has 20 heavy (non-hydrogen) atoms. The Balaban J connectivity index is 1.93. The molecule has 108 valence electrons. The molecule has 1 aromatic rings. The second kappa shape index (κ2) is 5.52. The maximum absolute atomic E-state index is 14.3. The number of Topliss-reactive ketones (excluding diaryl/α,β-unsaturated/α-hetero) is 1. The molecule has 0 aliphatic carbocycles. The molecule has 2 fully saturated rings. The second-order valence-electron chi connectivity index (χ2n) is 5.82. The van der Waals surface area contributed by atoms with Crippen molar-refractivity contribution in [1.82, 2.24) is 4.90 Å². The van der Waals surface area contributed by atoms with Gasteiger partial charge in [0.05, 0.1) is 5.69 Å². The molecular weight excluding hydrogens is 255 g/mol. The highest BCUT2D eigenvalue weighted by Crippen LogP contribution is 2.29. The van der Waals surface area contributed by atoms with Gasteiger partial charge >= 0.3 is 0 Å². The minimum absolute atomic E-state index is 0.0629. The number of hydrogen-bond acceptors (Lipinski definition) is 3. The van der Waals surface area contributed by atoms with Gasteiger partial charge in [-0.05, 0) is 44.9 Å². The van der Waals surface area contributed by atoms with Crippen LogP contribution in [0.2, 0.25) is 0 Å². The van der Waals surface area contributed by atoms with Crippen LogP contribution in [0.15, 0.2) is 18.2 Å². The van der Waals surface area contributed by atoms with E-state index in [9.17, 15) is 9.18 Å². The summed E-state index contributed by atoms with van der Waals surface area (Å²) in [7, 11) is 0. The summed E-state index contributed by atoms with van der Waals surface area (Å²) >= 11 is 0. The van der Waals surface area contributed by atoms with Crippen molar-refractivity contribution in [2.75, 3.05) is 31.1 Å². The van der Waals surface area contributed by atoms with Crippen molar-refractivity contribution in [2.24, 2.45) is 0 Å². The number of nitrogens with zero attached hydrogens (tertiary/aromatic N) is 2. The predicted molar refractivity (Wildman–Crippen MR) is 77.8 cm³/mol. The van der Waals surface area contributed by atoms with E-state index in [0.717, 1.165) is 32.6 Å². The minimum atomic E-state index is -0.274. The number of para-hydroxylation sites is 1. The second-order valence-corrected chi connectivity index (χ2v) is 5.82. The van der Waals surface area contributed by atoms with Gasteiger partial charge < -0.3 is 4.90 Å². The van der Waals surface area contributed by atoms with Crippen molar-refractivity contribution in [3.63, 3.8) is 0 Å². The number of fused-ring (bicyclic) bond motifs is 1. The number of hydrogen-bond donors (Lipinski definition) is 0. The van der Waals surface area contributed by atoms with Gasteiger partial charge in [-0.15, -0.1) is 0 Å². The lowest BCUT2D eigenvalue weighted by molar-refractivity contribution is 0.101. The molecule has 3 nitrogen and oxygen atoms in total. The molecule has 2 saturated heterocycles. The molecule has 0 radical (unpaired) electrons. The van der Waals surface area contributed by atoms with Crippen LogP contribution in [0.3, 0.4) is 0 Å². The van der Waals surface area contributed by atoms with Gasteiger partial charge in [0.15, 0.2) is 5.78 Å².